The van der Waals surface area contributed by atoms with Crippen molar-refractivity contribution in [2.24, 2.45) is 5.41 Å². The number of amides is 2. The molecule has 0 spiro atoms. The van der Waals surface area contributed by atoms with Crippen LogP contribution in [0.2, 0.25) is 0 Å². The number of rotatable bonds is 1. The first-order chi connectivity index (χ1) is 9.74. The molecule has 5 nitrogen and oxygen atoms in total. The van der Waals surface area contributed by atoms with Gasteiger partial charge in [0, 0.05) is 23.8 Å². The first-order valence-corrected chi connectivity index (χ1v) is 7.67. The van der Waals surface area contributed by atoms with Crippen molar-refractivity contribution in [3.8, 4) is 6.07 Å². The fourth-order valence-electron chi connectivity index (χ4n) is 2.17. The van der Waals surface area contributed by atoms with Gasteiger partial charge in [-0.25, -0.2) is 0 Å². The van der Waals surface area contributed by atoms with Gasteiger partial charge in [0.05, 0.1) is 12.1 Å². The van der Waals surface area contributed by atoms with Crippen LogP contribution >= 0.6 is 11.3 Å². The average molecular weight is 305 g/mol. The smallest absolute Gasteiger partial charge is 0.230 e. The predicted molar refractivity (Wildman–Crippen MR) is 81.9 cm³/mol. The van der Waals surface area contributed by atoms with Crippen molar-refractivity contribution >= 4 is 28.2 Å². The fourth-order valence-corrected chi connectivity index (χ4v) is 3.38. The Morgan fingerprint density at radius 2 is 2.05 bits per heavy atom. The van der Waals surface area contributed by atoms with E-state index in [-0.39, 0.29) is 11.8 Å². The molecular formula is C15H19N3O2S. The van der Waals surface area contributed by atoms with E-state index in [2.05, 4.69) is 11.4 Å². The van der Waals surface area contributed by atoms with Crippen LogP contribution in [0.15, 0.2) is 0 Å². The highest BCUT2D eigenvalue weighted by molar-refractivity contribution is 7.16. The van der Waals surface area contributed by atoms with Gasteiger partial charge >= 0.3 is 0 Å². The number of hydrogen-bond acceptors (Lipinski definition) is 4. The first kappa shape index (κ1) is 15.5. The van der Waals surface area contributed by atoms with E-state index in [4.69, 9.17) is 0 Å². The lowest BCUT2D eigenvalue weighted by Gasteiger charge is -2.25. The molecule has 0 atom stereocenters. The highest BCUT2D eigenvalue weighted by atomic mass is 32.1. The van der Waals surface area contributed by atoms with Gasteiger partial charge < -0.3 is 10.2 Å². The topological polar surface area (TPSA) is 73.2 Å². The van der Waals surface area contributed by atoms with E-state index in [1.807, 2.05) is 20.8 Å². The lowest BCUT2D eigenvalue weighted by Crippen LogP contribution is -2.33. The molecule has 1 aromatic rings. The Balaban J connectivity index is 2.32. The normalized spacial score (nSPS) is 14.3. The summed E-state index contributed by atoms with van der Waals surface area (Å²) in [5.74, 6) is -0.0751. The molecule has 0 saturated carbocycles. The van der Waals surface area contributed by atoms with Gasteiger partial charge in [0.2, 0.25) is 11.8 Å². The lowest BCUT2D eigenvalue weighted by atomic mass is 9.95. The minimum atomic E-state index is -0.511. The van der Waals surface area contributed by atoms with E-state index < -0.39 is 5.41 Å². The Morgan fingerprint density at radius 1 is 1.38 bits per heavy atom. The molecule has 0 saturated heterocycles. The van der Waals surface area contributed by atoms with Crippen molar-refractivity contribution in [2.75, 3.05) is 11.9 Å². The Hall–Kier alpha value is -1.87. The zero-order chi connectivity index (χ0) is 15.8. The largest absolute Gasteiger partial charge is 0.337 e. The Labute approximate surface area is 128 Å². The minimum absolute atomic E-state index is 0.0350. The molecule has 0 fully saturated rings. The maximum Gasteiger partial charge on any atom is 0.230 e. The van der Waals surface area contributed by atoms with Crippen molar-refractivity contribution in [2.45, 2.75) is 40.7 Å². The molecule has 1 N–H and O–H groups in total. The summed E-state index contributed by atoms with van der Waals surface area (Å²) in [5.41, 5.74) is 1.02. The maximum absolute atomic E-state index is 12.1. The molecule has 21 heavy (non-hydrogen) atoms. The number of anilines is 1. The molecule has 2 amide bonds. The highest BCUT2D eigenvalue weighted by Gasteiger charge is 2.28. The molecule has 2 heterocycles. The zero-order valence-electron chi connectivity index (χ0n) is 12.7. The van der Waals surface area contributed by atoms with Crippen LogP contribution in [0.5, 0.6) is 0 Å². The summed E-state index contributed by atoms with van der Waals surface area (Å²) in [5, 5.41) is 12.8. The van der Waals surface area contributed by atoms with Crippen molar-refractivity contribution in [3.63, 3.8) is 0 Å². The van der Waals surface area contributed by atoms with Gasteiger partial charge in [-0.05, 0) is 12.0 Å². The Kier molecular flexibility index (Phi) is 4.06. The molecule has 0 bridgehead atoms. The van der Waals surface area contributed by atoms with Crippen LogP contribution in [0.1, 0.15) is 43.7 Å². The zero-order valence-corrected chi connectivity index (χ0v) is 13.6. The van der Waals surface area contributed by atoms with Crippen LogP contribution in [0.4, 0.5) is 5.00 Å². The van der Waals surface area contributed by atoms with Gasteiger partial charge in [-0.3, -0.25) is 9.59 Å². The predicted octanol–water partition coefficient (Wildman–Crippen LogP) is 2.51. The molecule has 1 aromatic heterocycles. The summed E-state index contributed by atoms with van der Waals surface area (Å²) < 4.78 is 0. The Bertz CT molecular complexity index is 635. The average Bonchev–Trinajstić information content (AvgIpc) is 2.73. The summed E-state index contributed by atoms with van der Waals surface area (Å²) in [6.45, 7) is 8.19. The van der Waals surface area contributed by atoms with Crippen LogP contribution in [-0.4, -0.2) is 23.3 Å². The van der Waals surface area contributed by atoms with Gasteiger partial charge in [-0.2, -0.15) is 5.26 Å². The van der Waals surface area contributed by atoms with E-state index in [1.165, 1.54) is 11.3 Å². The lowest BCUT2D eigenvalue weighted by molar-refractivity contribution is -0.129. The maximum atomic E-state index is 12.1. The van der Waals surface area contributed by atoms with E-state index in [1.54, 1.807) is 11.8 Å². The number of nitrogens with zero attached hydrogens (tertiary/aromatic N) is 2. The molecule has 2 rings (SSSR count). The molecule has 0 radical (unpaired) electrons. The van der Waals surface area contributed by atoms with Gasteiger partial charge in [0.15, 0.2) is 0 Å². The number of carbonyl (C=O) groups is 2. The van der Waals surface area contributed by atoms with E-state index in [0.717, 1.165) is 10.4 Å². The van der Waals surface area contributed by atoms with Gasteiger partial charge in [-0.1, -0.05) is 20.8 Å². The van der Waals surface area contributed by atoms with Crippen LogP contribution in [-0.2, 0) is 22.6 Å². The third-order valence-corrected chi connectivity index (χ3v) is 4.65. The van der Waals surface area contributed by atoms with Crippen LogP contribution in [0.25, 0.3) is 0 Å². The molecule has 112 valence electrons. The monoisotopic (exact) mass is 305 g/mol. The fraction of sp³-hybridized carbons (Fsp3) is 0.533. The molecule has 6 heteroatoms. The van der Waals surface area contributed by atoms with Gasteiger partial charge in [0.25, 0.3) is 0 Å². The van der Waals surface area contributed by atoms with Crippen molar-refractivity contribution in [3.05, 3.63) is 16.0 Å². The van der Waals surface area contributed by atoms with E-state index >= 15 is 0 Å². The van der Waals surface area contributed by atoms with Crippen LogP contribution in [0, 0.1) is 16.7 Å². The summed E-state index contributed by atoms with van der Waals surface area (Å²) in [4.78, 5) is 26.3. The first-order valence-electron chi connectivity index (χ1n) is 6.85. The number of fused-ring (bicyclic) bond motifs is 1. The summed E-state index contributed by atoms with van der Waals surface area (Å²) >= 11 is 1.40. The molecule has 1 aliphatic rings. The van der Waals surface area contributed by atoms with Gasteiger partial charge in [0.1, 0.15) is 11.1 Å². The number of nitrogens with one attached hydrogen (secondary N) is 1. The van der Waals surface area contributed by atoms with Crippen molar-refractivity contribution in [1.29, 1.82) is 5.26 Å². The SMILES string of the molecule is CC(=O)N1CCc2c(sc(NC(=O)C(C)(C)C)c2C#N)C1. The minimum Gasteiger partial charge on any atom is -0.337 e. The van der Waals surface area contributed by atoms with Crippen molar-refractivity contribution < 1.29 is 9.59 Å². The van der Waals surface area contributed by atoms with Crippen LogP contribution in [0.3, 0.4) is 0 Å². The number of hydrogen-bond donors (Lipinski definition) is 1. The molecule has 0 aliphatic carbocycles. The second-order valence-corrected chi connectivity index (χ2v) is 7.32. The molecular weight excluding hydrogens is 286 g/mol. The third kappa shape index (κ3) is 3.08. The summed E-state index contributed by atoms with van der Waals surface area (Å²) in [7, 11) is 0. The second-order valence-electron chi connectivity index (χ2n) is 6.21. The highest BCUT2D eigenvalue weighted by Crippen LogP contribution is 2.37. The summed E-state index contributed by atoms with van der Waals surface area (Å²) in [6.07, 6.45) is 0.666. The Morgan fingerprint density at radius 3 is 2.57 bits per heavy atom. The second kappa shape index (κ2) is 5.49. The molecule has 0 unspecified atom stereocenters. The van der Waals surface area contributed by atoms with E-state index in [9.17, 15) is 14.9 Å². The van der Waals surface area contributed by atoms with Crippen LogP contribution < -0.4 is 5.32 Å². The van der Waals surface area contributed by atoms with Crippen molar-refractivity contribution in [1.82, 2.24) is 4.90 Å². The van der Waals surface area contributed by atoms with E-state index in [0.29, 0.717) is 30.1 Å². The van der Waals surface area contributed by atoms with Gasteiger partial charge in [-0.15, -0.1) is 11.3 Å². The number of carbonyl (C=O) groups excluding carboxylic acids is 2. The third-order valence-electron chi connectivity index (χ3n) is 3.52. The molecule has 1 aliphatic heterocycles. The molecule has 0 aromatic carbocycles. The quantitative estimate of drug-likeness (QED) is 0.866. The summed E-state index contributed by atoms with van der Waals surface area (Å²) in [6, 6.07) is 2.20. The number of nitriles is 1. The number of thiophene rings is 1. The standard InChI is InChI=1S/C15H19N3O2S/c1-9(19)18-6-5-10-11(7-16)13(21-12(10)8-18)17-14(20)15(2,3)4/h5-6,8H2,1-4H3,(H,17,20).